The normalized spacial score (nSPS) is 12.2. The van der Waals surface area contributed by atoms with Crippen molar-refractivity contribution in [3.8, 4) is 5.75 Å². The Morgan fingerprint density at radius 1 is 1.21 bits per heavy atom. The summed E-state index contributed by atoms with van der Waals surface area (Å²) in [6.07, 6.45) is 0.879. The van der Waals surface area contributed by atoms with Crippen molar-refractivity contribution in [2.75, 3.05) is 7.11 Å². The van der Waals surface area contributed by atoms with E-state index >= 15 is 0 Å². The van der Waals surface area contributed by atoms with Crippen molar-refractivity contribution in [1.29, 1.82) is 0 Å². The molecule has 0 aliphatic rings. The van der Waals surface area contributed by atoms with Crippen LogP contribution >= 0.6 is 43.5 Å². The van der Waals surface area contributed by atoms with Crippen LogP contribution in [0, 0.1) is 0 Å². The molecule has 0 fully saturated rings. The third kappa shape index (κ3) is 3.74. The average molecular weight is 405 g/mol. The summed E-state index contributed by atoms with van der Waals surface area (Å²) in [6, 6.07) is 14.1. The number of ether oxygens (including phenoxy) is 1. The summed E-state index contributed by atoms with van der Waals surface area (Å²) >= 11 is 13.3. The second-order valence-electron chi connectivity index (χ2n) is 4.17. The van der Waals surface area contributed by atoms with Crippen molar-refractivity contribution < 1.29 is 4.74 Å². The Bertz CT molecular complexity index is 558. The minimum Gasteiger partial charge on any atom is -0.495 e. The van der Waals surface area contributed by atoms with Crippen LogP contribution in [0.3, 0.4) is 0 Å². The van der Waals surface area contributed by atoms with Gasteiger partial charge < -0.3 is 4.74 Å². The van der Waals surface area contributed by atoms with Gasteiger partial charge in [0.15, 0.2) is 0 Å². The van der Waals surface area contributed by atoms with Gasteiger partial charge in [-0.05, 0) is 40.0 Å². The second-order valence-corrected chi connectivity index (χ2v) is 6.56. The predicted molar refractivity (Wildman–Crippen MR) is 87.5 cm³/mol. The maximum atomic E-state index is 6.12. The third-order valence-corrected chi connectivity index (χ3v) is 4.46. The fourth-order valence-corrected chi connectivity index (χ4v) is 3.67. The molecule has 0 bridgehead atoms. The van der Waals surface area contributed by atoms with Gasteiger partial charge in [0.05, 0.1) is 11.6 Å². The van der Waals surface area contributed by atoms with Crippen molar-refractivity contribution in [2.45, 2.75) is 11.2 Å². The largest absolute Gasteiger partial charge is 0.495 e. The minimum absolute atomic E-state index is 0.153. The zero-order chi connectivity index (χ0) is 13.8. The SMILES string of the molecule is COc1c(Br)cc(Cl)cc1C(Br)Cc1ccccc1. The maximum absolute atomic E-state index is 6.12. The van der Waals surface area contributed by atoms with Crippen molar-refractivity contribution in [3.05, 3.63) is 63.1 Å². The average Bonchev–Trinajstić information content (AvgIpc) is 2.39. The number of rotatable bonds is 4. The van der Waals surface area contributed by atoms with Gasteiger partial charge in [0.1, 0.15) is 5.75 Å². The van der Waals surface area contributed by atoms with Crippen LogP contribution in [0.2, 0.25) is 5.02 Å². The van der Waals surface area contributed by atoms with E-state index in [4.69, 9.17) is 16.3 Å². The van der Waals surface area contributed by atoms with Gasteiger partial charge in [-0.15, -0.1) is 0 Å². The van der Waals surface area contributed by atoms with Crippen LogP contribution in [0.5, 0.6) is 5.75 Å². The van der Waals surface area contributed by atoms with Crippen molar-refractivity contribution in [2.24, 2.45) is 0 Å². The van der Waals surface area contributed by atoms with E-state index in [9.17, 15) is 0 Å². The summed E-state index contributed by atoms with van der Waals surface area (Å²) in [5, 5.41) is 0.695. The smallest absolute Gasteiger partial charge is 0.137 e. The van der Waals surface area contributed by atoms with Crippen LogP contribution < -0.4 is 4.74 Å². The summed E-state index contributed by atoms with van der Waals surface area (Å²) < 4.78 is 6.32. The highest BCUT2D eigenvalue weighted by Gasteiger charge is 2.17. The molecule has 1 atom stereocenters. The lowest BCUT2D eigenvalue weighted by Gasteiger charge is -2.16. The number of halogens is 3. The lowest BCUT2D eigenvalue weighted by Crippen LogP contribution is -1.99. The van der Waals surface area contributed by atoms with Crippen LogP contribution in [0.25, 0.3) is 0 Å². The van der Waals surface area contributed by atoms with Gasteiger partial charge >= 0.3 is 0 Å². The van der Waals surface area contributed by atoms with Gasteiger partial charge in [0.2, 0.25) is 0 Å². The minimum atomic E-state index is 0.153. The van der Waals surface area contributed by atoms with Crippen LogP contribution in [0.15, 0.2) is 46.9 Å². The second kappa shape index (κ2) is 6.78. The van der Waals surface area contributed by atoms with Crippen LogP contribution in [0.4, 0.5) is 0 Å². The Labute approximate surface area is 135 Å². The van der Waals surface area contributed by atoms with Gasteiger partial charge in [-0.3, -0.25) is 0 Å². The molecule has 4 heteroatoms. The first-order chi connectivity index (χ1) is 9.11. The molecule has 1 unspecified atom stereocenters. The molecule has 19 heavy (non-hydrogen) atoms. The van der Waals surface area contributed by atoms with Gasteiger partial charge in [-0.2, -0.15) is 0 Å². The molecular weight excluding hydrogens is 391 g/mol. The van der Waals surface area contributed by atoms with Crippen LogP contribution in [0.1, 0.15) is 16.0 Å². The predicted octanol–water partition coefficient (Wildman–Crippen LogP) is 5.79. The molecule has 0 spiro atoms. The highest BCUT2D eigenvalue weighted by Crippen LogP contribution is 2.40. The van der Waals surface area contributed by atoms with Gasteiger partial charge in [-0.25, -0.2) is 0 Å². The highest BCUT2D eigenvalue weighted by molar-refractivity contribution is 9.10. The molecule has 1 nitrogen and oxygen atoms in total. The Kier molecular flexibility index (Phi) is 5.31. The van der Waals surface area contributed by atoms with E-state index in [0.717, 1.165) is 22.2 Å². The summed E-state index contributed by atoms with van der Waals surface area (Å²) in [4.78, 5) is 0.153. The standard InChI is InChI=1S/C15H13Br2ClO/c1-19-15-12(8-11(18)9-14(15)17)13(16)7-10-5-3-2-4-6-10/h2-6,8-9,13H,7H2,1H3. The molecule has 0 N–H and O–H groups in total. The van der Waals surface area contributed by atoms with E-state index in [-0.39, 0.29) is 4.83 Å². The summed E-state index contributed by atoms with van der Waals surface area (Å²) in [7, 11) is 1.67. The van der Waals surface area contributed by atoms with E-state index in [2.05, 4.69) is 44.0 Å². The monoisotopic (exact) mass is 402 g/mol. The fourth-order valence-electron chi connectivity index (χ4n) is 1.96. The number of hydrogen-bond donors (Lipinski definition) is 0. The fraction of sp³-hybridized carbons (Fsp3) is 0.200. The van der Waals surface area contributed by atoms with Crippen molar-refractivity contribution >= 4 is 43.5 Å². The lowest BCUT2D eigenvalue weighted by molar-refractivity contribution is 0.407. The Hall–Kier alpha value is -0.510. The first-order valence-corrected chi connectivity index (χ1v) is 7.91. The van der Waals surface area contributed by atoms with E-state index in [1.807, 2.05) is 30.3 Å². The van der Waals surface area contributed by atoms with Crippen molar-refractivity contribution in [3.63, 3.8) is 0 Å². The van der Waals surface area contributed by atoms with E-state index < -0.39 is 0 Å². The lowest BCUT2D eigenvalue weighted by atomic mass is 10.0. The zero-order valence-corrected chi connectivity index (χ0v) is 14.3. The van der Waals surface area contributed by atoms with E-state index in [0.29, 0.717) is 5.02 Å². The molecule has 0 heterocycles. The molecule has 2 rings (SSSR count). The topological polar surface area (TPSA) is 9.23 Å². The van der Waals surface area contributed by atoms with Gasteiger partial charge in [0.25, 0.3) is 0 Å². The number of hydrogen-bond acceptors (Lipinski definition) is 1. The van der Waals surface area contributed by atoms with E-state index in [1.54, 1.807) is 7.11 Å². The molecule has 0 radical (unpaired) electrons. The number of benzene rings is 2. The zero-order valence-electron chi connectivity index (χ0n) is 10.4. The summed E-state index contributed by atoms with van der Waals surface area (Å²) in [6.45, 7) is 0. The maximum Gasteiger partial charge on any atom is 0.137 e. The molecule has 0 saturated carbocycles. The third-order valence-electron chi connectivity index (χ3n) is 2.84. The van der Waals surface area contributed by atoms with Crippen molar-refractivity contribution in [1.82, 2.24) is 0 Å². The molecule has 0 saturated heterocycles. The highest BCUT2D eigenvalue weighted by atomic mass is 79.9. The Balaban J connectivity index is 2.30. The molecule has 0 amide bonds. The van der Waals surface area contributed by atoms with E-state index in [1.165, 1.54) is 5.56 Å². The first-order valence-electron chi connectivity index (χ1n) is 5.82. The molecule has 0 aliphatic heterocycles. The molecule has 100 valence electrons. The summed E-state index contributed by atoms with van der Waals surface area (Å²) in [5.74, 6) is 0.821. The number of methoxy groups -OCH3 is 1. The number of alkyl halides is 1. The molecule has 0 aliphatic carbocycles. The summed E-state index contributed by atoms with van der Waals surface area (Å²) in [5.41, 5.74) is 2.31. The molecule has 2 aromatic carbocycles. The van der Waals surface area contributed by atoms with Crippen LogP contribution in [-0.2, 0) is 6.42 Å². The molecular formula is C15H13Br2ClO. The Morgan fingerprint density at radius 2 is 1.89 bits per heavy atom. The first kappa shape index (κ1) is 14.9. The van der Waals surface area contributed by atoms with Gasteiger partial charge in [-0.1, -0.05) is 57.9 Å². The quantitative estimate of drug-likeness (QED) is 0.586. The molecule has 2 aromatic rings. The Morgan fingerprint density at radius 3 is 2.53 bits per heavy atom. The van der Waals surface area contributed by atoms with Crippen LogP contribution in [-0.4, -0.2) is 7.11 Å². The van der Waals surface area contributed by atoms with Gasteiger partial charge in [0, 0.05) is 15.4 Å². The molecule has 0 aromatic heterocycles.